The minimum atomic E-state index is -1.25. The zero-order valence-electron chi connectivity index (χ0n) is 20.0. The molecule has 2 heterocycles. The predicted octanol–water partition coefficient (Wildman–Crippen LogP) is 3.70. The minimum Gasteiger partial charge on any atom is -0.478 e. The molecule has 4 N–H and O–H groups in total. The van der Waals surface area contributed by atoms with Gasteiger partial charge in [0.15, 0.2) is 0 Å². The van der Waals surface area contributed by atoms with Crippen LogP contribution in [0.1, 0.15) is 37.7 Å². The number of carboxylic acid groups (broad SMARTS) is 2. The molecule has 4 rings (SSSR count). The Morgan fingerprint density at radius 3 is 2.16 bits per heavy atom. The third-order valence-electron chi connectivity index (χ3n) is 6.13. The van der Waals surface area contributed by atoms with E-state index in [0.717, 1.165) is 6.07 Å². The van der Waals surface area contributed by atoms with Crippen LogP contribution in [0, 0.1) is 42.4 Å². The van der Waals surface area contributed by atoms with Crippen LogP contribution in [0.2, 0.25) is 0 Å². The van der Waals surface area contributed by atoms with Crippen LogP contribution < -0.4 is 10.7 Å². The maximum Gasteiger partial charge on any atom is 0.335 e. The van der Waals surface area contributed by atoms with E-state index in [2.05, 4.69) is 17.2 Å². The first-order valence-corrected chi connectivity index (χ1v) is 11.2. The number of nitriles is 2. The highest BCUT2D eigenvalue weighted by Crippen LogP contribution is 2.30. The molecule has 0 unspecified atom stereocenters. The van der Waals surface area contributed by atoms with Gasteiger partial charge in [-0.25, -0.2) is 14.6 Å². The summed E-state index contributed by atoms with van der Waals surface area (Å²) in [6.45, 7) is 3.55. The zero-order valence-corrected chi connectivity index (χ0v) is 20.0. The Labute approximate surface area is 212 Å². The predicted molar refractivity (Wildman–Crippen MR) is 136 cm³/mol. The van der Waals surface area contributed by atoms with Crippen molar-refractivity contribution in [2.24, 2.45) is 16.8 Å². The van der Waals surface area contributed by atoms with Gasteiger partial charge in [-0.05, 0) is 61.9 Å². The lowest BCUT2D eigenvalue weighted by molar-refractivity contribution is 0.0696. The molecule has 3 aromatic rings. The maximum atomic E-state index is 11.6. The molecule has 10 heteroatoms. The number of carbonyl (C=O) groups is 2. The number of carboxylic acids is 2. The normalized spacial score (nSPS) is 17.2. The fourth-order valence-electron chi connectivity index (χ4n) is 4.35. The molecule has 1 aliphatic rings. The third kappa shape index (κ3) is 4.57. The average Bonchev–Trinajstić information content (AvgIpc) is 3.36. The van der Waals surface area contributed by atoms with Crippen molar-refractivity contribution in [2.45, 2.75) is 20.0 Å². The van der Waals surface area contributed by atoms with Gasteiger partial charge in [0.1, 0.15) is 18.2 Å². The van der Waals surface area contributed by atoms with E-state index < -0.39 is 24.0 Å². The quantitative estimate of drug-likeness (QED) is 0.436. The average molecular weight is 495 g/mol. The standard InChI is InChI=1S/C27H22N6O4/c1-15-8-17(16(2)32(15)22-11-18(26(34)35)10-19(12-22)27(36)37)9-20(13-28)24-23(14-29)25(30)33(31-24)21-6-4-3-5-7-21/h3-12,23,25H,30H2,1-2H3,(H,34,35)(H,36,37)/b20-9-/t23-,25-/m1/s1. The summed E-state index contributed by atoms with van der Waals surface area (Å²) in [5.41, 5.74) is 9.38. The van der Waals surface area contributed by atoms with Crippen LogP contribution in [0.25, 0.3) is 11.8 Å². The Balaban J connectivity index is 1.81. The molecular formula is C27H22N6O4. The second-order valence-corrected chi connectivity index (χ2v) is 8.47. The van der Waals surface area contributed by atoms with E-state index in [9.17, 15) is 30.3 Å². The lowest BCUT2D eigenvalue weighted by Crippen LogP contribution is -2.40. The number of hydrogen-bond acceptors (Lipinski definition) is 7. The van der Waals surface area contributed by atoms with Crippen LogP contribution >= 0.6 is 0 Å². The first kappa shape index (κ1) is 24.9. The first-order chi connectivity index (χ1) is 17.7. The molecule has 184 valence electrons. The van der Waals surface area contributed by atoms with E-state index >= 15 is 0 Å². The molecule has 0 aliphatic carbocycles. The van der Waals surface area contributed by atoms with Crippen LogP contribution in [0.4, 0.5) is 5.69 Å². The number of aryl methyl sites for hydroxylation is 1. The minimum absolute atomic E-state index is 0.159. The fourth-order valence-corrected chi connectivity index (χ4v) is 4.35. The molecule has 1 aliphatic heterocycles. The van der Waals surface area contributed by atoms with Gasteiger partial charge in [0.2, 0.25) is 0 Å². The van der Waals surface area contributed by atoms with Crippen molar-refractivity contribution < 1.29 is 19.8 Å². The smallest absolute Gasteiger partial charge is 0.335 e. The van der Waals surface area contributed by atoms with E-state index in [0.29, 0.717) is 28.3 Å². The number of allylic oxidation sites excluding steroid dienone is 1. The number of hydrazone groups is 1. The number of rotatable bonds is 6. The molecule has 10 nitrogen and oxygen atoms in total. The molecule has 0 saturated heterocycles. The summed E-state index contributed by atoms with van der Waals surface area (Å²) >= 11 is 0. The van der Waals surface area contributed by atoms with Crippen molar-refractivity contribution in [1.82, 2.24) is 4.57 Å². The summed E-state index contributed by atoms with van der Waals surface area (Å²) < 4.78 is 1.71. The summed E-state index contributed by atoms with van der Waals surface area (Å²) in [6, 6.07) is 19.0. The zero-order chi connectivity index (χ0) is 26.9. The van der Waals surface area contributed by atoms with E-state index in [4.69, 9.17) is 5.73 Å². The van der Waals surface area contributed by atoms with Crippen LogP contribution in [0.15, 0.2) is 65.3 Å². The Morgan fingerprint density at radius 2 is 1.62 bits per heavy atom. The van der Waals surface area contributed by atoms with Crippen LogP contribution in [-0.4, -0.2) is 38.6 Å². The molecule has 37 heavy (non-hydrogen) atoms. The molecule has 0 saturated carbocycles. The number of nitrogens with zero attached hydrogens (tertiary/aromatic N) is 5. The van der Waals surface area contributed by atoms with Crippen molar-refractivity contribution in [3.05, 3.63) is 88.2 Å². The third-order valence-corrected chi connectivity index (χ3v) is 6.13. The Hall–Kier alpha value is -5.19. The van der Waals surface area contributed by atoms with Gasteiger partial charge in [0.05, 0.1) is 34.2 Å². The lowest BCUT2D eigenvalue weighted by Gasteiger charge is -2.21. The second kappa shape index (κ2) is 9.82. The molecule has 0 bridgehead atoms. The molecule has 2 aromatic carbocycles. The number of benzene rings is 2. The van der Waals surface area contributed by atoms with Gasteiger partial charge in [-0.3, -0.25) is 0 Å². The summed E-state index contributed by atoms with van der Waals surface area (Å²) in [5, 5.41) is 44.7. The van der Waals surface area contributed by atoms with Crippen LogP contribution in [0.5, 0.6) is 0 Å². The summed E-state index contributed by atoms with van der Waals surface area (Å²) in [6.07, 6.45) is 0.822. The molecule has 0 amide bonds. The van der Waals surface area contributed by atoms with E-state index in [1.165, 1.54) is 17.1 Å². The Bertz CT molecular complexity index is 1520. The Kier molecular flexibility index (Phi) is 6.61. The highest BCUT2D eigenvalue weighted by molar-refractivity contribution is 6.11. The number of anilines is 1. The summed E-state index contributed by atoms with van der Waals surface area (Å²) in [5.74, 6) is -3.35. The van der Waals surface area contributed by atoms with E-state index in [-0.39, 0.29) is 22.4 Å². The molecule has 0 spiro atoms. The highest BCUT2D eigenvalue weighted by Gasteiger charge is 2.37. The molecule has 1 aromatic heterocycles. The van der Waals surface area contributed by atoms with Crippen LogP contribution in [0.3, 0.4) is 0 Å². The Morgan fingerprint density at radius 1 is 1.00 bits per heavy atom. The molecular weight excluding hydrogens is 472 g/mol. The summed E-state index contributed by atoms with van der Waals surface area (Å²) in [4.78, 5) is 23.2. The molecule has 0 fully saturated rings. The number of nitrogens with two attached hydrogens (primary N) is 1. The van der Waals surface area contributed by atoms with E-state index in [1.54, 1.807) is 42.7 Å². The fraction of sp³-hybridized carbons (Fsp3) is 0.148. The van der Waals surface area contributed by atoms with Gasteiger partial charge in [-0.2, -0.15) is 15.6 Å². The SMILES string of the molecule is Cc1cc(/C=C(/C#N)C2=NN(c3ccccc3)[C@@H](N)[C@@H]2C#N)c(C)n1-c1cc(C(=O)O)cc(C(=O)O)c1. The highest BCUT2D eigenvalue weighted by atomic mass is 16.4. The number of aromatic nitrogens is 1. The first-order valence-electron chi connectivity index (χ1n) is 11.2. The number of hydrogen-bond donors (Lipinski definition) is 3. The number of para-hydroxylation sites is 1. The second-order valence-electron chi connectivity index (χ2n) is 8.47. The van der Waals surface area contributed by atoms with E-state index in [1.807, 2.05) is 18.2 Å². The van der Waals surface area contributed by atoms with Crippen molar-refractivity contribution in [3.8, 4) is 17.8 Å². The van der Waals surface area contributed by atoms with Crippen molar-refractivity contribution in [2.75, 3.05) is 5.01 Å². The van der Waals surface area contributed by atoms with Gasteiger partial charge in [-0.1, -0.05) is 18.2 Å². The number of aromatic carboxylic acids is 2. The van der Waals surface area contributed by atoms with Gasteiger partial charge in [-0.15, -0.1) is 0 Å². The lowest BCUT2D eigenvalue weighted by atomic mass is 9.95. The maximum absolute atomic E-state index is 11.6. The van der Waals surface area contributed by atoms with Gasteiger partial charge in [0.25, 0.3) is 0 Å². The van der Waals surface area contributed by atoms with Crippen molar-refractivity contribution in [3.63, 3.8) is 0 Å². The molecule has 0 radical (unpaired) electrons. The topological polar surface area (TPSA) is 169 Å². The van der Waals surface area contributed by atoms with Crippen molar-refractivity contribution >= 4 is 29.4 Å². The largest absolute Gasteiger partial charge is 0.478 e. The molecule has 2 atom stereocenters. The van der Waals surface area contributed by atoms with Crippen LogP contribution in [-0.2, 0) is 0 Å². The van der Waals surface area contributed by atoms with Gasteiger partial charge < -0.3 is 20.5 Å². The monoisotopic (exact) mass is 494 g/mol. The van der Waals surface area contributed by atoms with Gasteiger partial charge in [0, 0.05) is 17.1 Å². The summed E-state index contributed by atoms with van der Waals surface area (Å²) in [7, 11) is 0. The van der Waals surface area contributed by atoms with Gasteiger partial charge >= 0.3 is 11.9 Å². The van der Waals surface area contributed by atoms with Crippen molar-refractivity contribution in [1.29, 1.82) is 10.5 Å².